The normalized spacial score (nSPS) is 30.4. The molecule has 1 rings (SSSR count). The Balaban J connectivity index is 3.20. The van der Waals surface area contributed by atoms with Gasteiger partial charge in [0, 0.05) is 17.6 Å². The highest BCUT2D eigenvalue weighted by molar-refractivity contribution is 5.88. The fourth-order valence-corrected chi connectivity index (χ4v) is 2.71. The van der Waals surface area contributed by atoms with Gasteiger partial charge in [-0.2, -0.15) is 0 Å². The van der Waals surface area contributed by atoms with Crippen molar-refractivity contribution in [2.24, 2.45) is 5.92 Å². The number of ether oxygens (including phenoxy) is 2. The summed E-state index contributed by atoms with van der Waals surface area (Å²) < 4.78 is 10.7. The van der Waals surface area contributed by atoms with Gasteiger partial charge in [0.25, 0.3) is 5.79 Å². The maximum absolute atomic E-state index is 12.0. The van der Waals surface area contributed by atoms with E-state index in [1.807, 2.05) is 0 Å². The molecule has 0 aromatic rings. The first-order valence-corrected chi connectivity index (χ1v) is 7.94. The van der Waals surface area contributed by atoms with Crippen molar-refractivity contribution in [2.75, 3.05) is 0 Å². The van der Waals surface area contributed by atoms with E-state index in [4.69, 9.17) is 9.47 Å². The Morgan fingerprint density at radius 3 is 2.00 bits per heavy atom. The van der Waals surface area contributed by atoms with Crippen LogP contribution in [0.2, 0.25) is 0 Å². The third-order valence-corrected chi connectivity index (χ3v) is 4.59. The first kappa shape index (κ1) is 20.4. The van der Waals surface area contributed by atoms with Crippen LogP contribution in [-0.2, 0) is 19.1 Å². The Morgan fingerprint density at radius 2 is 1.58 bits per heavy atom. The lowest BCUT2D eigenvalue weighted by atomic mass is 9.69. The molecule has 1 aliphatic carbocycles. The smallest absolute Gasteiger partial charge is 0.335 e. The highest BCUT2D eigenvalue weighted by atomic mass is 16.7. The molecule has 0 heterocycles. The summed E-state index contributed by atoms with van der Waals surface area (Å²) in [6.07, 6.45) is 0.659. The van der Waals surface area contributed by atoms with Crippen LogP contribution < -0.4 is 0 Å². The minimum Gasteiger partial charge on any atom is -0.449 e. The Labute approximate surface area is 143 Å². The van der Waals surface area contributed by atoms with Gasteiger partial charge < -0.3 is 19.7 Å². The first-order chi connectivity index (χ1) is 10.7. The molecular formula is C18H28O6. The predicted octanol–water partition coefficient (Wildman–Crippen LogP) is 2.24. The van der Waals surface area contributed by atoms with Gasteiger partial charge in [0.1, 0.15) is 0 Å². The monoisotopic (exact) mass is 340 g/mol. The molecule has 1 fully saturated rings. The average molecular weight is 340 g/mol. The van der Waals surface area contributed by atoms with Crippen LogP contribution in [0, 0.1) is 5.92 Å². The number of aliphatic hydroxyl groups is 2. The number of carbonyl (C=O) groups excluding carboxylic acids is 2. The molecule has 0 aliphatic heterocycles. The molecule has 6 heteroatoms. The van der Waals surface area contributed by atoms with Gasteiger partial charge in [0.2, 0.25) is 0 Å². The van der Waals surface area contributed by atoms with Gasteiger partial charge in [-0.15, -0.1) is 0 Å². The van der Waals surface area contributed by atoms with Crippen LogP contribution in [0.25, 0.3) is 0 Å². The zero-order valence-corrected chi connectivity index (χ0v) is 15.1. The van der Waals surface area contributed by atoms with Crippen LogP contribution in [0.15, 0.2) is 24.3 Å². The molecule has 0 saturated heterocycles. The summed E-state index contributed by atoms with van der Waals surface area (Å²) in [6, 6.07) is 0. The Bertz CT molecular complexity index is 558. The fourth-order valence-electron chi connectivity index (χ4n) is 2.71. The Kier molecular flexibility index (Phi) is 5.68. The molecule has 0 bridgehead atoms. The maximum Gasteiger partial charge on any atom is 0.335 e. The molecule has 0 aromatic heterocycles. The largest absolute Gasteiger partial charge is 0.449 e. The summed E-state index contributed by atoms with van der Waals surface area (Å²) in [7, 11) is 0. The highest BCUT2D eigenvalue weighted by Crippen LogP contribution is 2.47. The molecule has 24 heavy (non-hydrogen) atoms. The molecule has 0 aromatic carbocycles. The lowest BCUT2D eigenvalue weighted by Gasteiger charge is -2.50. The van der Waals surface area contributed by atoms with Gasteiger partial charge in [0.15, 0.2) is 5.60 Å². The van der Waals surface area contributed by atoms with Crippen LogP contribution in [0.3, 0.4) is 0 Å². The van der Waals surface area contributed by atoms with Crippen molar-refractivity contribution in [3.05, 3.63) is 24.3 Å². The van der Waals surface area contributed by atoms with E-state index >= 15 is 0 Å². The third-order valence-electron chi connectivity index (χ3n) is 4.59. The molecule has 2 N–H and O–H groups in total. The molecule has 3 atom stereocenters. The third kappa shape index (κ3) is 4.24. The topological polar surface area (TPSA) is 93.1 Å². The van der Waals surface area contributed by atoms with E-state index in [9.17, 15) is 19.8 Å². The van der Waals surface area contributed by atoms with Crippen molar-refractivity contribution >= 4 is 11.9 Å². The van der Waals surface area contributed by atoms with Crippen molar-refractivity contribution in [1.29, 1.82) is 0 Å². The molecule has 3 unspecified atom stereocenters. The zero-order valence-electron chi connectivity index (χ0n) is 15.1. The van der Waals surface area contributed by atoms with E-state index in [-0.39, 0.29) is 29.9 Å². The van der Waals surface area contributed by atoms with Gasteiger partial charge in [-0.25, -0.2) is 9.59 Å². The van der Waals surface area contributed by atoms with Gasteiger partial charge in [0.05, 0.1) is 5.60 Å². The predicted molar refractivity (Wildman–Crippen MR) is 88.8 cm³/mol. The maximum atomic E-state index is 12.0. The quantitative estimate of drug-likeness (QED) is 0.453. The van der Waals surface area contributed by atoms with Crippen LogP contribution in [-0.4, -0.2) is 39.1 Å². The summed E-state index contributed by atoms with van der Waals surface area (Å²) >= 11 is 0. The van der Waals surface area contributed by atoms with Gasteiger partial charge >= 0.3 is 11.9 Å². The first-order valence-electron chi connectivity index (χ1n) is 7.94. The van der Waals surface area contributed by atoms with Crippen molar-refractivity contribution in [1.82, 2.24) is 0 Å². The van der Waals surface area contributed by atoms with Crippen LogP contribution in [0.5, 0.6) is 0 Å². The Hall–Kier alpha value is -1.66. The van der Waals surface area contributed by atoms with E-state index in [0.717, 1.165) is 0 Å². The second-order valence-electron chi connectivity index (χ2n) is 7.45. The number of carbonyl (C=O) groups is 2. The van der Waals surface area contributed by atoms with Crippen LogP contribution in [0.1, 0.15) is 53.9 Å². The molecule has 0 radical (unpaired) electrons. The van der Waals surface area contributed by atoms with E-state index in [1.54, 1.807) is 13.8 Å². The average Bonchev–Trinajstić information content (AvgIpc) is 2.40. The van der Waals surface area contributed by atoms with E-state index in [0.29, 0.717) is 6.42 Å². The molecule has 136 valence electrons. The summed E-state index contributed by atoms with van der Waals surface area (Å²) in [5.41, 5.74) is -2.24. The van der Waals surface area contributed by atoms with Crippen LogP contribution >= 0.6 is 0 Å². The second-order valence-corrected chi connectivity index (χ2v) is 7.45. The van der Waals surface area contributed by atoms with Gasteiger partial charge in [-0.3, -0.25) is 0 Å². The lowest BCUT2D eigenvalue weighted by Crippen LogP contribution is -2.62. The van der Waals surface area contributed by atoms with Crippen molar-refractivity contribution in [3.63, 3.8) is 0 Å². The minimum atomic E-state index is -2.07. The van der Waals surface area contributed by atoms with Gasteiger partial charge in [-0.1, -0.05) is 13.2 Å². The Morgan fingerprint density at radius 1 is 1.12 bits per heavy atom. The van der Waals surface area contributed by atoms with E-state index < -0.39 is 28.9 Å². The van der Waals surface area contributed by atoms with Gasteiger partial charge in [-0.05, 0) is 53.4 Å². The van der Waals surface area contributed by atoms with Crippen molar-refractivity contribution in [2.45, 2.75) is 70.9 Å². The lowest BCUT2D eigenvalue weighted by molar-refractivity contribution is -0.309. The number of esters is 2. The minimum absolute atomic E-state index is 0.0600. The summed E-state index contributed by atoms with van der Waals surface area (Å²) in [6.45, 7) is 14.7. The molecule has 0 spiro atoms. The standard InChI is InChI=1S/C18H28O6/c1-11(2)14(19)23-17(7)9-8-13(16(5,6)21)10-18(17,22)24-15(20)12(3)4/h13,21-22H,1,3,8-10H2,2,4-7H3. The van der Waals surface area contributed by atoms with Crippen molar-refractivity contribution < 1.29 is 29.3 Å². The SMILES string of the molecule is C=C(C)C(=O)OC1(C)CCC(C(C)(C)O)CC1(O)OC(=O)C(=C)C. The van der Waals surface area contributed by atoms with E-state index in [1.165, 1.54) is 20.8 Å². The summed E-state index contributed by atoms with van der Waals surface area (Å²) in [5, 5.41) is 21.3. The second kappa shape index (κ2) is 6.69. The molecule has 6 nitrogen and oxygen atoms in total. The van der Waals surface area contributed by atoms with Crippen LogP contribution in [0.4, 0.5) is 0 Å². The summed E-state index contributed by atoms with van der Waals surface area (Å²) in [4.78, 5) is 23.9. The number of hydrogen-bond donors (Lipinski definition) is 2. The fraction of sp³-hybridized carbons (Fsp3) is 0.667. The zero-order chi connectivity index (χ0) is 18.9. The number of rotatable bonds is 5. The molecular weight excluding hydrogens is 312 g/mol. The molecule has 1 aliphatic rings. The highest BCUT2D eigenvalue weighted by Gasteiger charge is 2.59. The van der Waals surface area contributed by atoms with E-state index in [2.05, 4.69) is 13.2 Å². The molecule has 1 saturated carbocycles. The van der Waals surface area contributed by atoms with Crippen molar-refractivity contribution in [3.8, 4) is 0 Å². The summed E-state index contributed by atoms with van der Waals surface area (Å²) in [5.74, 6) is -3.87. The molecule has 0 amide bonds. The number of hydrogen-bond acceptors (Lipinski definition) is 6.